The van der Waals surface area contributed by atoms with E-state index < -0.39 is 23.4 Å². The molecule has 0 aromatic heterocycles. The van der Waals surface area contributed by atoms with Gasteiger partial charge in [0.15, 0.2) is 0 Å². The second-order valence-electron chi connectivity index (χ2n) is 8.57. The fraction of sp³-hybridized carbons (Fsp3) is 0.400. The van der Waals surface area contributed by atoms with Crippen molar-refractivity contribution in [1.29, 1.82) is 0 Å². The van der Waals surface area contributed by atoms with E-state index in [9.17, 15) is 14.4 Å². The summed E-state index contributed by atoms with van der Waals surface area (Å²) >= 11 is 0. The third-order valence-corrected chi connectivity index (χ3v) is 5.79. The van der Waals surface area contributed by atoms with Gasteiger partial charge in [-0.05, 0) is 54.5 Å². The highest BCUT2D eigenvalue weighted by Crippen LogP contribution is 2.30. The molecule has 0 spiro atoms. The lowest BCUT2D eigenvalue weighted by Crippen LogP contribution is -2.42. The summed E-state index contributed by atoms with van der Waals surface area (Å²) in [5.74, 6) is -0.472. The van der Waals surface area contributed by atoms with Crippen LogP contribution in [0.2, 0.25) is 0 Å². The van der Waals surface area contributed by atoms with Crippen molar-refractivity contribution in [3.8, 4) is 0 Å². The van der Waals surface area contributed by atoms with Crippen LogP contribution in [0.15, 0.2) is 48.5 Å². The van der Waals surface area contributed by atoms with Gasteiger partial charge in [-0.2, -0.15) is 0 Å². The molecule has 31 heavy (non-hydrogen) atoms. The number of carbonyl (C=O) groups excluding carboxylic acids is 3. The van der Waals surface area contributed by atoms with Gasteiger partial charge in [0, 0.05) is 5.69 Å². The molecule has 1 aliphatic rings. The predicted octanol–water partition coefficient (Wildman–Crippen LogP) is 4.56. The monoisotopic (exact) mass is 421 g/mol. The fourth-order valence-corrected chi connectivity index (χ4v) is 3.72. The molecule has 0 saturated carbocycles. The van der Waals surface area contributed by atoms with Crippen molar-refractivity contribution in [1.82, 2.24) is 10.2 Å². The van der Waals surface area contributed by atoms with Crippen molar-refractivity contribution < 1.29 is 14.4 Å². The lowest BCUT2D eigenvalue weighted by atomic mass is 9.90. The molecule has 1 atom stereocenters. The molecule has 3 rings (SSSR count). The normalized spacial score (nSPS) is 18.4. The van der Waals surface area contributed by atoms with Gasteiger partial charge in [0.1, 0.15) is 12.1 Å². The van der Waals surface area contributed by atoms with Crippen LogP contribution in [0.4, 0.5) is 10.5 Å². The summed E-state index contributed by atoms with van der Waals surface area (Å²) in [6.07, 6.45) is 3.26. The third-order valence-electron chi connectivity index (χ3n) is 5.79. The van der Waals surface area contributed by atoms with E-state index in [0.29, 0.717) is 17.2 Å². The molecule has 2 aromatic rings. The smallest absolute Gasteiger partial charge is 0.325 e. The SMILES string of the molecule is CCCCc1ccc(NC(=O)CN2C(=O)N[C@@](C)(c3ccc(C(C)C)cc3)C2=O)cc1. The number of nitrogens with one attached hydrogen (secondary N) is 2. The molecular weight excluding hydrogens is 390 g/mol. The molecule has 0 radical (unpaired) electrons. The maximum absolute atomic E-state index is 13.1. The quantitative estimate of drug-likeness (QED) is 0.614. The Labute approximate surface area is 184 Å². The van der Waals surface area contributed by atoms with Crippen molar-refractivity contribution in [2.75, 3.05) is 11.9 Å². The first-order valence-electron chi connectivity index (χ1n) is 10.9. The fourth-order valence-electron chi connectivity index (χ4n) is 3.72. The Morgan fingerprint density at radius 1 is 1.06 bits per heavy atom. The number of aryl methyl sites for hydroxylation is 1. The van der Waals surface area contributed by atoms with E-state index in [1.165, 1.54) is 5.56 Å². The molecular formula is C25H31N3O3. The molecule has 6 nitrogen and oxygen atoms in total. The van der Waals surface area contributed by atoms with Crippen molar-refractivity contribution in [2.45, 2.75) is 58.4 Å². The molecule has 0 bridgehead atoms. The van der Waals surface area contributed by atoms with Crippen molar-refractivity contribution >= 4 is 23.5 Å². The van der Waals surface area contributed by atoms with Crippen LogP contribution in [-0.2, 0) is 21.5 Å². The molecule has 2 N–H and O–H groups in total. The number of urea groups is 1. The number of carbonyl (C=O) groups is 3. The number of amides is 4. The molecule has 1 heterocycles. The Bertz CT molecular complexity index is 951. The van der Waals surface area contributed by atoms with E-state index >= 15 is 0 Å². The highest BCUT2D eigenvalue weighted by Gasteiger charge is 2.49. The first-order chi connectivity index (χ1) is 14.7. The topological polar surface area (TPSA) is 78.5 Å². The predicted molar refractivity (Wildman–Crippen MR) is 122 cm³/mol. The van der Waals surface area contributed by atoms with Gasteiger partial charge >= 0.3 is 6.03 Å². The van der Waals surface area contributed by atoms with Gasteiger partial charge in [-0.25, -0.2) is 4.79 Å². The third kappa shape index (κ3) is 4.95. The Morgan fingerprint density at radius 2 is 1.71 bits per heavy atom. The first-order valence-corrected chi connectivity index (χ1v) is 10.9. The second kappa shape index (κ2) is 9.33. The van der Waals surface area contributed by atoms with Gasteiger partial charge in [0.2, 0.25) is 5.91 Å². The van der Waals surface area contributed by atoms with Gasteiger partial charge in [0.25, 0.3) is 5.91 Å². The van der Waals surface area contributed by atoms with Gasteiger partial charge in [-0.1, -0.05) is 63.6 Å². The number of hydrogen-bond acceptors (Lipinski definition) is 3. The van der Waals surface area contributed by atoms with Crippen LogP contribution in [0.1, 0.15) is 63.1 Å². The van der Waals surface area contributed by atoms with Crippen molar-refractivity contribution in [2.24, 2.45) is 0 Å². The summed E-state index contributed by atoms with van der Waals surface area (Å²) in [5, 5.41) is 5.52. The number of hydrogen-bond donors (Lipinski definition) is 2. The van der Waals surface area contributed by atoms with Crippen LogP contribution in [0.5, 0.6) is 0 Å². The Morgan fingerprint density at radius 3 is 2.29 bits per heavy atom. The zero-order chi connectivity index (χ0) is 22.6. The van der Waals surface area contributed by atoms with Crippen molar-refractivity contribution in [3.05, 3.63) is 65.2 Å². The summed E-state index contributed by atoms with van der Waals surface area (Å²) in [6, 6.07) is 14.7. The van der Waals surface area contributed by atoms with Crippen LogP contribution in [0, 0.1) is 0 Å². The van der Waals surface area contributed by atoms with E-state index in [4.69, 9.17) is 0 Å². The average Bonchev–Trinajstić information content (AvgIpc) is 2.97. The van der Waals surface area contributed by atoms with E-state index in [-0.39, 0.29) is 6.54 Å². The van der Waals surface area contributed by atoms with Crippen molar-refractivity contribution in [3.63, 3.8) is 0 Å². The number of imide groups is 1. The van der Waals surface area contributed by atoms with Crippen LogP contribution >= 0.6 is 0 Å². The summed E-state index contributed by atoms with van der Waals surface area (Å²) in [5.41, 5.74) is 2.52. The van der Waals surface area contributed by atoms with E-state index in [2.05, 4.69) is 31.4 Å². The summed E-state index contributed by atoms with van der Waals surface area (Å²) in [4.78, 5) is 39.0. The minimum Gasteiger partial charge on any atom is -0.325 e. The largest absolute Gasteiger partial charge is 0.325 e. The number of unbranched alkanes of at least 4 members (excludes halogenated alkanes) is 1. The molecule has 0 aliphatic carbocycles. The maximum atomic E-state index is 13.1. The average molecular weight is 422 g/mol. The minimum atomic E-state index is -1.19. The highest BCUT2D eigenvalue weighted by atomic mass is 16.2. The summed E-state index contributed by atoms with van der Waals surface area (Å²) in [6.45, 7) is 7.68. The van der Waals surface area contributed by atoms with Gasteiger partial charge in [-0.15, -0.1) is 0 Å². The molecule has 1 aliphatic heterocycles. The van der Waals surface area contributed by atoms with E-state index in [1.54, 1.807) is 6.92 Å². The first kappa shape index (κ1) is 22.5. The van der Waals surface area contributed by atoms with Crippen LogP contribution in [0.3, 0.4) is 0 Å². The molecule has 164 valence electrons. The number of anilines is 1. The minimum absolute atomic E-state index is 0.331. The Hall–Kier alpha value is -3.15. The number of nitrogens with zero attached hydrogens (tertiary/aromatic N) is 1. The highest BCUT2D eigenvalue weighted by molar-refractivity contribution is 6.10. The molecule has 4 amide bonds. The van der Waals surface area contributed by atoms with E-state index in [1.807, 2.05) is 48.5 Å². The molecule has 6 heteroatoms. The molecule has 1 fully saturated rings. The summed E-state index contributed by atoms with van der Waals surface area (Å²) < 4.78 is 0. The molecule has 2 aromatic carbocycles. The lowest BCUT2D eigenvalue weighted by molar-refractivity contribution is -0.133. The number of benzene rings is 2. The zero-order valence-electron chi connectivity index (χ0n) is 18.7. The summed E-state index contributed by atoms with van der Waals surface area (Å²) in [7, 11) is 0. The van der Waals surface area contributed by atoms with Gasteiger partial charge < -0.3 is 10.6 Å². The standard InChI is InChI=1S/C25H31N3O3/c1-5-6-7-18-8-14-21(15-9-18)26-22(29)16-28-23(30)25(4,27-24(28)31)20-12-10-19(11-13-20)17(2)3/h8-15,17H,5-7,16H2,1-4H3,(H,26,29)(H,27,31)/t25-/m0/s1. The Balaban J connectivity index is 1.66. The number of rotatable bonds is 8. The van der Waals surface area contributed by atoms with Gasteiger partial charge in [0.05, 0.1) is 0 Å². The van der Waals surface area contributed by atoms with Crippen LogP contribution < -0.4 is 10.6 Å². The lowest BCUT2D eigenvalue weighted by Gasteiger charge is -2.22. The van der Waals surface area contributed by atoms with Crippen LogP contribution in [-0.4, -0.2) is 29.3 Å². The van der Waals surface area contributed by atoms with E-state index in [0.717, 1.165) is 29.7 Å². The maximum Gasteiger partial charge on any atom is 0.325 e. The zero-order valence-corrected chi connectivity index (χ0v) is 18.7. The van der Waals surface area contributed by atoms with Gasteiger partial charge in [-0.3, -0.25) is 14.5 Å². The Kier molecular flexibility index (Phi) is 6.78. The van der Waals surface area contributed by atoms with Crippen LogP contribution in [0.25, 0.3) is 0 Å². The molecule has 1 saturated heterocycles. The molecule has 0 unspecified atom stereocenters. The second-order valence-corrected chi connectivity index (χ2v) is 8.57.